The first-order valence-electron chi connectivity index (χ1n) is 9.69. The summed E-state index contributed by atoms with van der Waals surface area (Å²) in [6.07, 6.45) is 2.29. The van der Waals surface area contributed by atoms with E-state index in [1.54, 1.807) is 0 Å². The van der Waals surface area contributed by atoms with E-state index >= 15 is 0 Å². The fourth-order valence-corrected chi connectivity index (χ4v) is 5.34. The number of benzene rings is 1. The van der Waals surface area contributed by atoms with Gasteiger partial charge in [0.2, 0.25) is 0 Å². The molecule has 0 aliphatic carbocycles. The molecule has 5 nitrogen and oxygen atoms in total. The topological polar surface area (TPSA) is 48.9 Å². The van der Waals surface area contributed by atoms with Crippen molar-refractivity contribution >= 4 is 41.7 Å². The molecule has 27 heavy (non-hydrogen) atoms. The number of nitrogens with zero attached hydrogens (tertiary/aromatic N) is 2. The van der Waals surface area contributed by atoms with Gasteiger partial charge in [-0.3, -0.25) is 9.89 Å². The molecule has 1 aromatic carbocycles. The summed E-state index contributed by atoms with van der Waals surface area (Å²) in [6.45, 7) is 7.74. The first-order chi connectivity index (χ1) is 12.8. The molecule has 2 aliphatic heterocycles. The number of thioether (sulfide) groups is 1. The van der Waals surface area contributed by atoms with Crippen LogP contribution in [0.3, 0.4) is 0 Å². The maximum atomic E-state index is 5.56. The Kier molecular flexibility index (Phi) is 9.69. The van der Waals surface area contributed by atoms with Crippen LogP contribution in [0.4, 0.5) is 0 Å². The maximum absolute atomic E-state index is 5.56. The van der Waals surface area contributed by atoms with Gasteiger partial charge in [0.05, 0.1) is 13.2 Å². The summed E-state index contributed by atoms with van der Waals surface area (Å²) >= 11 is 2.07. The number of hydrogen-bond acceptors (Lipinski definition) is 4. The van der Waals surface area contributed by atoms with Crippen LogP contribution < -0.4 is 10.6 Å². The number of aryl methyl sites for hydroxylation is 1. The minimum atomic E-state index is 0. The maximum Gasteiger partial charge on any atom is 0.191 e. The Morgan fingerprint density at radius 1 is 1.22 bits per heavy atom. The van der Waals surface area contributed by atoms with Crippen LogP contribution in [-0.2, 0) is 17.7 Å². The second kappa shape index (κ2) is 11.5. The highest BCUT2D eigenvalue weighted by molar-refractivity contribution is 14.0. The summed E-state index contributed by atoms with van der Waals surface area (Å²) in [4.78, 5) is 7.07. The lowest BCUT2D eigenvalue weighted by Gasteiger charge is -2.43. The quantitative estimate of drug-likeness (QED) is 0.355. The molecule has 2 saturated heterocycles. The number of halogens is 1. The summed E-state index contributed by atoms with van der Waals surface area (Å²) in [5, 5.41) is 7.09. The molecule has 2 heterocycles. The van der Waals surface area contributed by atoms with E-state index in [2.05, 4.69) is 63.5 Å². The highest BCUT2D eigenvalue weighted by atomic mass is 127. The molecule has 0 bridgehead atoms. The van der Waals surface area contributed by atoms with Crippen LogP contribution >= 0.6 is 35.7 Å². The van der Waals surface area contributed by atoms with Gasteiger partial charge in [-0.05, 0) is 29.7 Å². The molecule has 0 saturated carbocycles. The van der Waals surface area contributed by atoms with Crippen molar-refractivity contribution in [3.05, 3.63) is 35.4 Å². The van der Waals surface area contributed by atoms with Gasteiger partial charge in [0.15, 0.2) is 5.96 Å². The zero-order valence-corrected chi connectivity index (χ0v) is 19.6. The van der Waals surface area contributed by atoms with Crippen LogP contribution in [0.15, 0.2) is 29.3 Å². The standard InChI is InChI=1S/C20H32N4OS.HI/c1-3-17-6-4-5-7-18(17)14-22-19(21-2)23-15-20(8-13-26-16-20)24-9-11-25-12-10-24;/h4-7H,3,8-16H2,1-2H3,(H2,21,22,23);1H. The number of aliphatic imine (C=N–C) groups is 1. The van der Waals surface area contributed by atoms with Crippen molar-refractivity contribution in [2.75, 3.05) is 51.4 Å². The Hall–Kier alpha value is -0.510. The minimum absolute atomic E-state index is 0. The highest BCUT2D eigenvalue weighted by Crippen LogP contribution is 2.33. The third-order valence-corrected chi connectivity index (χ3v) is 6.75. The summed E-state index contributed by atoms with van der Waals surface area (Å²) in [5.74, 6) is 3.32. The summed E-state index contributed by atoms with van der Waals surface area (Å²) in [5.41, 5.74) is 2.97. The molecule has 2 fully saturated rings. The van der Waals surface area contributed by atoms with Gasteiger partial charge in [0.1, 0.15) is 0 Å². The number of rotatable bonds is 6. The van der Waals surface area contributed by atoms with Crippen molar-refractivity contribution in [2.45, 2.75) is 31.8 Å². The zero-order valence-electron chi connectivity index (χ0n) is 16.5. The van der Waals surface area contributed by atoms with Gasteiger partial charge in [-0.2, -0.15) is 11.8 Å². The third-order valence-electron chi connectivity index (χ3n) is 5.52. The van der Waals surface area contributed by atoms with Gasteiger partial charge in [0.25, 0.3) is 0 Å². The average molecular weight is 504 g/mol. The second-order valence-electron chi connectivity index (χ2n) is 7.03. The number of hydrogen-bond donors (Lipinski definition) is 2. The van der Waals surface area contributed by atoms with Crippen molar-refractivity contribution in [1.29, 1.82) is 0 Å². The molecular weight excluding hydrogens is 471 g/mol. The molecule has 2 N–H and O–H groups in total. The van der Waals surface area contributed by atoms with Crippen LogP contribution in [0, 0.1) is 0 Å². The van der Waals surface area contributed by atoms with Crippen LogP contribution in [-0.4, -0.2) is 67.8 Å². The van der Waals surface area contributed by atoms with Gasteiger partial charge in [-0.1, -0.05) is 31.2 Å². The normalized spacial score (nSPS) is 23.7. The molecule has 7 heteroatoms. The predicted molar refractivity (Wildman–Crippen MR) is 127 cm³/mol. The van der Waals surface area contributed by atoms with Gasteiger partial charge in [0, 0.05) is 44.5 Å². The smallest absolute Gasteiger partial charge is 0.191 e. The van der Waals surface area contributed by atoms with Crippen LogP contribution in [0.2, 0.25) is 0 Å². The van der Waals surface area contributed by atoms with E-state index in [1.807, 2.05) is 7.05 Å². The predicted octanol–water partition coefficient (Wildman–Crippen LogP) is 2.74. The Morgan fingerprint density at radius 2 is 1.96 bits per heavy atom. The van der Waals surface area contributed by atoms with Gasteiger partial charge in [-0.25, -0.2) is 0 Å². The van der Waals surface area contributed by atoms with E-state index in [-0.39, 0.29) is 29.5 Å². The number of guanidine groups is 1. The number of morpholine rings is 1. The van der Waals surface area contributed by atoms with Crippen molar-refractivity contribution in [2.24, 2.45) is 4.99 Å². The SMILES string of the molecule is CCc1ccccc1CNC(=NC)NCC1(N2CCOCC2)CCSC1.I. The minimum Gasteiger partial charge on any atom is -0.379 e. The Labute approximate surface area is 185 Å². The van der Waals surface area contributed by atoms with Gasteiger partial charge < -0.3 is 15.4 Å². The van der Waals surface area contributed by atoms with Crippen molar-refractivity contribution in [3.8, 4) is 0 Å². The lowest BCUT2D eigenvalue weighted by atomic mass is 9.95. The monoisotopic (exact) mass is 504 g/mol. The molecule has 0 spiro atoms. The molecule has 0 radical (unpaired) electrons. The highest BCUT2D eigenvalue weighted by Gasteiger charge is 2.40. The van der Waals surface area contributed by atoms with E-state index in [9.17, 15) is 0 Å². The molecule has 1 unspecified atom stereocenters. The van der Waals surface area contributed by atoms with Crippen molar-refractivity contribution < 1.29 is 4.74 Å². The van der Waals surface area contributed by atoms with Gasteiger partial charge in [-0.15, -0.1) is 24.0 Å². The summed E-state index contributed by atoms with van der Waals surface area (Å²) in [6, 6.07) is 8.62. The fourth-order valence-electron chi connectivity index (χ4n) is 3.86. The first-order valence-corrected chi connectivity index (χ1v) is 10.8. The van der Waals surface area contributed by atoms with Crippen LogP contribution in [0.25, 0.3) is 0 Å². The molecule has 1 atom stereocenters. The lowest BCUT2D eigenvalue weighted by Crippen LogP contribution is -2.60. The molecular formula is C20H33IN4OS. The first kappa shape index (κ1) is 22.8. The largest absolute Gasteiger partial charge is 0.379 e. The van der Waals surface area contributed by atoms with Gasteiger partial charge >= 0.3 is 0 Å². The number of nitrogens with one attached hydrogen (secondary N) is 2. The third kappa shape index (κ3) is 5.98. The Balaban J connectivity index is 0.00000261. The van der Waals surface area contributed by atoms with E-state index in [0.29, 0.717) is 0 Å². The fraction of sp³-hybridized carbons (Fsp3) is 0.650. The second-order valence-corrected chi connectivity index (χ2v) is 8.13. The molecule has 0 aromatic heterocycles. The Bertz CT molecular complexity index is 601. The van der Waals surface area contributed by atoms with Crippen molar-refractivity contribution in [1.82, 2.24) is 15.5 Å². The number of ether oxygens (including phenoxy) is 1. The van der Waals surface area contributed by atoms with E-state index < -0.39 is 0 Å². The van der Waals surface area contributed by atoms with E-state index in [1.165, 1.54) is 29.1 Å². The summed E-state index contributed by atoms with van der Waals surface area (Å²) < 4.78 is 5.56. The molecule has 1 aromatic rings. The Morgan fingerprint density at radius 3 is 2.59 bits per heavy atom. The molecule has 152 valence electrons. The average Bonchev–Trinajstić information content (AvgIpc) is 3.19. The molecule has 2 aliphatic rings. The van der Waals surface area contributed by atoms with E-state index in [4.69, 9.17) is 4.74 Å². The zero-order chi connectivity index (χ0) is 18.2. The molecule has 0 amide bonds. The molecule has 3 rings (SSSR count). The van der Waals surface area contributed by atoms with Crippen molar-refractivity contribution in [3.63, 3.8) is 0 Å². The van der Waals surface area contributed by atoms with E-state index in [0.717, 1.165) is 51.8 Å². The lowest BCUT2D eigenvalue weighted by molar-refractivity contribution is -0.0120. The van der Waals surface area contributed by atoms with Crippen LogP contribution in [0.5, 0.6) is 0 Å². The van der Waals surface area contributed by atoms with Crippen LogP contribution in [0.1, 0.15) is 24.5 Å². The summed E-state index contributed by atoms with van der Waals surface area (Å²) in [7, 11) is 1.85.